The van der Waals surface area contributed by atoms with Crippen LogP contribution in [0.25, 0.3) is 5.69 Å². The van der Waals surface area contributed by atoms with Crippen molar-refractivity contribution in [2.24, 2.45) is 12.0 Å². The van der Waals surface area contributed by atoms with E-state index in [1.807, 2.05) is 48.5 Å². The van der Waals surface area contributed by atoms with E-state index in [1.54, 1.807) is 11.6 Å². The number of aliphatic imine (C=N–C) groups is 1. The fourth-order valence-corrected chi connectivity index (χ4v) is 3.19. The first kappa shape index (κ1) is 14.1. The van der Waals surface area contributed by atoms with Gasteiger partial charge in [-0.25, -0.2) is 14.0 Å². The van der Waals surface area contributed by atoms with Crippen LogP contribution in [0.15, 0.2) is 62.8 Å². The van der Waals surface area contributed by atoms with Crippen molar-refractivity contribution in [2.45, 2.75) is 6.54 Å². The van der Waals surface area contributed by atoms with Crippen molar-refractivity contribution >= 4 is 21.6 Å². The summed E-state index contributed by atoms with van der Waals surface area (Å²) in [5.41, 5.74) is 3.46. The van der Waals surface area contributed by atoms with E-state index >= 15 is 0 Å². The largest absolute Gasteiger partial charge is 0.350 e. The summed E-state index contributed by atoms with van der Waals surface area (Å²) < 4.78 is 3.94. The number of nitrogens with zero attached hydrogens (tertiary/aromatic N) is 4. The molecule has 0 fully saturated rings. The standard InChI is InChI=1S/C17H13BrN4O/c1-21-17(23)22-14-8-7-12(18)9-13(14)16(19-10-15(22)20-21)11-5-3-2-4-6-11/h2-9H,10H2,1H3. The number of halogens is 1. The van der Waals surface area contributed by atoms with Gasteiger partial charge in [0.2, 0.25) is 0 Å². The van der Waals surface area contributed by atoms with Crippen molar-refractivity contribution in [2.75, 3.05) is 0 Å². The number of hydrogen-bond donors (Lipinski definition) is 0. The van der Waals surface area contributed by atoms with E-state index in [-0.39, 0.29) is 5.69 Å². The average molecular weight is 369 g/mol. The van der Waals surface area contributed by atoms with Gasteiger partial charge < -0.3 is 0 Å². The van der Waals surface area contributed by atoms with Gasteiger partial charge in [0.25, 0.3) is 0 Å². The SMILES string of the molecule is Cn1nc2n(c1=O)-c1ccc(Br)cc1C(c1ccccc1)=NC2. The molecule has 6 heteroatoms. The summed E-state index contributed by atoms with van der Waals surface area (Å²) in [5.74, 6) is 0.645. The molecule has 0 saturated heterocycles. The van der Waals surface area contributed by atoms with E-state index in [1.165, 1.54) is 4.68 Å². The van der Waals surface area contributed by atoms with E-state index in [9.17, 15) is 4.79 Å². The number of rotatable bonds is 1. The highest BCUT2D eigenvalue weighted by atomic mass is 79.9. The van der Waals surface area contributed by atoms with Gasteiger partial charge in [0.05, 0.1) is 11.4 Å². The molecule has 0 spiro atoms. The number of aromatic nitrogens is 3. The molecule has 0 radical (unpaired) electrons. The highest BCUT2D eigenvalue weighted by molar-refractivity contribution is 9.10. The van der Waals surface area contributed by atoms with Crippen LogP contribution in [-0.4, -0.2) is 20.1 Å². The molecule has 5 nitrogen and oxygen atoms in total. The Bertz CT molecular complexity index is 986. The summed E-state index contributed by atoms with van der Waals surface area (Å²) in [5, 5.41) is 4.31. The summed E-state index contributed by atoms with van der Waals surface area (Å²) in [6.07, 6.45) is 0. The van der Waals surface area contributed by atoms with Gasteiger partial charge >= 0.3 is 5.69 Å². The Kier molecular flexibility index (Phi) is 3.27. The lowest BCUT2D eigenvalue weighted by molar-refractivity contribution is 0.717. The molecular weight excluding hydrogens is 356 g/mol. The van der Waals surface area contributed by atoms with Crippen LogP contribution in [0.5, 0.6) is 0 Å². The van der Waals surface area contributed by atoms with Crippen LogP contribution < -0.4 is 5.69 Å². The van der Waals surface area contributed by atoms with E-state index in [0.717, 1.165) is 27.0 Å². The zero-order valence-electron chi connectivity index (χ0n) is 12.4. The summed E-state index contributed by atoms with van der Waals surface area (Å²) in [7, 11) is 1.66. The van der Waals surface area contributed by atoms with Crippen LogP contribution >= 0.6 is 15.9 Å². The Morgan fingerprint density at radius 3 is 2.70 bits per heavy atom. The third kappa shape index (κ3) is 2.26. The molecule has 0 amide bonds. The molecule has 2 aromatic carbocycles. The van der Waals surface area contributed by atoms with Crippen molar-refractivity contribution in [3.8, 4) is 5.69 Å². The molecule has 1 aromatic heterocycles. The molecule has 114 valence electrons. The lowest BCUT2D eigenvalue weighted by Gasteiger charge is -2.11. The van der Waals surface area contributed by atoms with Crippen molar-refractivity contribution in [1.29, 1.82) is 0 Å². The third-order valence-electron chi connectivity index (χ3n) is 3.87. The maximum Gasteiger partial charge on any atom is 0.350 e. The number of fused-ring (bicyclic) bond motifs is 3. The van der Waals surface area contributed by atoms with Gasteiger partial charge in [-0.05, 0) is 18.2 Å². The topological polar surface area (TPSA) is 52.2 Å². The van der Waals surface area contributed by atoms with Crippen molar-refractivity contribution in [1.82, 2.24) is 14.3 Å². The van der Waals surface area contributed by atoms with Crippen molar-refractivity contribution in [3.63, 3.8) is 0 Å². The molecule has 23 heavy (non-hydrogen) atoms. The van der Waals surface area contributed by atoms with Crippen LogP contribution in [0.1, 0.15) is 17.0 Å². The van der Waals surface area contributed by atoms with E-state index in [2.05, 4.69) is 21.0 Å². The van der Waals surface area contributed by atoms with Crippen molar-refractivity contribution < 1.29 is 0 Å². The number of aryl methyl sites for hydroxylation is 1. The monoisotopic (exact) mass is 368 g/mol. The summed E-state index contributed by atoms with van der Waals surface area (Å²) in [4.78, 5) is 17.2. The Hall–Kier alpha value is -2.47. The maximum absolute atomic E-state index is 12.5. The number of hydrogen-bond acceptors (Lipinski definition) is 3. The van der Waals surface area contributed by atoms with Gasteiger partial charge in [0, 0.05) is 22.6 Å². The highest BCUT2D eigenvalue weighted by Crippen LogP contribution is 2.26. The second-order valence-corrected chi connectivity index (χ2v) is 6.27. The lowest BCUT2D eigenvalue weighted by atomic mass is 10.0. The molecule has 1 aliphatic heterocycles. The summed E-state index contributed by atoms with van der Waals surface area (Å²) >= 11 is 3.52. The molecular formula is C17H13BrN4O. The van der Waals surface area contributed by atoms with Crippen LogP contribution in [-0.2, 0) is 13.6 Å². The smallest absolute Gasteiger partial charge is 0.276 e. The Labute approximate surface area is 141 Å². The minimum atomic E-state index is -0.159. The Morgan fingerprint density at radius 1 is 1.13 bits per heavy atom. The Morgan fingerprint density at radius 2 is 1.91 bits per heavy atom. The molecule has 0 N–H and O–H groups in total. The van der Waals surface area contributed by atoms with Gasteiger partial charge in [-0.3, -0.25) is 4.99 Å². The minimum Gasteiger partial charge on any atom is -0.276 e. The maximum atomic E-state index is 12.5. The molecule has 0 aliphatic carbocycles. The van der Waals surface area contributed by atoms with Crippen LogP contribution in [0, 0.1) is 0 Å². The van der Waals surface area contributed by atoms with Gasteiger partial charge in [-0.15, -0.1) is 0 Å². The van der Waals surface area contributed by atoms with Gasteiger partial charge in [-0.2, -0.15) is 5.10 Å². The van der Waals surface area contributed by atoms with Gasteiger partial charge in [0.15, 0.2) is 5.82 Å². The predicted octanol–water partition coefficient (Wildman–Crippen LogP) is 2.68. The quantitative estimate of drug-likeness (QED) is 0.662. The predicted molar refractivity (Wildman–Crippen MR) is 92.3 cm³/mol. The van der Waals surface area contributed by atoms with Crippen LogP contribution in [0.4, 0.5) is 0 Å². The molecule has 4 rings (SSSR count). The molecule has 0 bridgehead atoms. The van der Waals surface area contributed by atoms with E-state index in [0.29, 0.717) is 12.4 Å². The van der Waals surface area contributed by atoms with E-state index in [4.69, 9.17) is 4.99 Å². The average Bonchev–Trinajstić information content (AvgIpc) is 2.75. The fourth-order valence-electron chi connectivity index (χ4n) is 2.83. The normalized spacial score (nSPS) is 13.0. The summed E-state index contributed by atoms with van der Waals surface area (Å²) in [6, 6.07) is 15.8. The first-order valence-electron chi connectivity index (χ1n) is 7.20. The highest BCUT2D eigenvalue weighted by Gasteiger charge is 2.22. The van der Waals surface area contributed by atoms with Crippen molar-refractivity contribution in [3.05, 3.63) is 80.4 Å². The van der Waals surface area contributed by atoms with Crippen LogP contribution in [0.2, 0.25) is 0 Å². The zero-order chi connectivity index (χ0) is 16.0. The van der Waals surface area contributed by atoms with Crippen LogP contribution in [0.3, 0.4) is 0 Å². The molecule has 2 heterocycles. The second-order valence-electron chi connectivity index (χ2n) is 5.35. The van der Waals surface area contributed by atoms with Gasteiger partial charge in [-0.1, -0.05) is 46.3 Å². The first-order chi connectivity index (χ1) is 11.1. The third-order valence-corrected chi connectivity index (χ3v) is 4.37. The summed E-state index contributed by atoms with van der Waals surface area (Å²) in [6.45, 7) is 0.368. The van der Waals surface area contributed by atoms with Gasteiger partial charge in [0.1, 0.15) is 6.54 Å². The second kappa shape index (κ2) is 5.31. The molecule has 1 aliphatic rings. The lowest BCUT2D eigenvalue weighted by Crippen LogP contribution is -2.23. The first-order valence-corrected chi connectivity index (χ1v) is 7.99. The minimum absolute atomic E-state index is 0.159. The zero-order valence-corrected chi connectivity index (χ0v) is 14.0. The van der Waals surface area contributed by atoms with E-state index < -0.39 is 0 Å². The molecule has 0 unspecified atom stereocenters. The molecule has 0 atom stereocenters. The molecule has 0 saturated carbocycles. The fraction of sp³-hybridized carbons (Fsp3) is 0.118. The molecule has 3 aromatic rings. The number of benzene rings is 2. The Balaban J connectivity index is 2.04.